The van der Waals surface area contributed by atoms with Crippen molar-refractivity contribution >= 4 is 0 Å². The molecule has 94 valence electrons. The van der Waals surface area contributed by atoms with Gasteiger partial charge in [-0.25, -0.2) is 0 Å². The highest BCUT2D eigenvalue weighted by atomic mass is 14.3. The molecule has 0 amide bonds. The molecule has 1 aliphatic carbocycles. The van der Waals surface area contributed by atoms with E-state index in [0.717, 1.165) is 5.92 Å². The van der Waals surface area contributed by atoms with Crippen LogP contribution in [0.5, 0.6) is 0 Å². The fourth-order valence-electron chi connectivity index (χ4n) is 2.42. The number of hydrogen-bond acceptors (Lipinski definition) is 0. The van der Waals surface area contributed by atoms with Crippen molar-refractivity contribution < 1.29 is 0 Å². The van der Waals surface area contributed by atoms with Crippen LogP contribution < -0.4 is 0 Å². The van der Waals surface area contributed by atoms with E-state index in [2.05, 4.69) is 59.7 Å². The van der Waals surface area contributed by atoms with Gasteiger partial charge in [-0.3, -0.25) is 0 Å². The van der Waals surface area contributed by atoms with Crippen LogP contribution in [-0.2, 0) is 10.8 Å². The average Bonchev–Trinajstić information content (AvgIpc) is 2.97. The van der Waals surface area contributed by atoms with E-state index < -0.39 is 0 Å². The highest BCUT2D eigenvalue weighted by Crippen LogP contribution is 2.45. The summed E-state index contributed by atoms with van der Waals surface area (Å²) >= 11 is 0. The summed E-state index contributed by atoms with van der Waals surface area (Å²) in [5, 5.41) is 0. The summed E-state index contributed by atoms with van der Waals surface area (Å²) < 4.78 is 0. The van der Waals surface area contributed by atoms with E-state index >= 15 is 0 Å². The minimum atomic E-state index is 0.252. The lowest BCUT2D eigenvalue weighted by Gasteiger charge is -2.27. The molecule has 0 nitrogen and oxygen atoms in total. The highest BCUT2D eigenvalue weighted by Gasteiger charge is 2.30. The van der Waals surface area contributed by atoms with Crippen molar-refractivity contribution in [2.24, 2.45) is 0 Å². The van der Waals surface area contributed by atoms with Gasteiger partial charge in [-0.2, -0.15) is 0 Å². The third kappa shape index (κ3) is 2.73. The second-order valence-electron chi connectivity index (χ2n) is 7.58. The molecule has 0 saturated heterocycles. The fourth-order valence-corrected chi connectivity index (χ4v) is 2.42. The molecule has 0 heteroatoms. The Balaban J connectivity index is 2.50. The predicted octanol–water partition coefficient (Wildman–Crippen LogP) is 5.16. The van der Waals surface area contributed by atoms with Crippen molar-refractivity contribution in [1.29, 1.82) is 0 Å². The van der Waals surface area contributed by atoms with Crippen LogP contribution in [0.3, 0.4) is 0 Å². The van der Waals surface area contributed by atoms with E-state index in [1.54, 1.807) is 11.1 Å². The van der Waals surface area contributed by atoms with Crippen LogP contribution in [0.25, 0.3) is 0 Å². The van der Waals surface area contributed by atoms with Gasteiger partial charge in [-0.05, 0) is 46.3 Å². The zero-order chi connectivity index (χ0) is 12.8. The monoisotopic (exact) mass is 230 g/mol. The summed E-state index contributed by atoms with van der Waals surface area (Å²) in [6.07, 6.45) is 2.77. The lowest BCUT2D eigenvalue weighted by atomic mass is 9.77. The van der Waals surface area contributed by atoms with Gasteiger partial charge in [0.25, 0.3) is 0 Å². The van der Waals surface area contributed by atoms with Crippen molar-refractivity contribution in [3.8, 4) is 0 Å². The molecule has 1 saturated carbocycles. The molecule has 2 rings (SSSR count). The zero-order valence-electron chi connectivity index (χ0n) is 12.2. The number of hydrogen-bond donors (Lipinski definition) is 0. The molecule has 0 unspecified atom stereocenters. The van der Waals surface area contributed by atoms with E-state index in [-0.39, 0.29) is 10.8 Å². The molecular weight excluding hydrogens is 204 g/mol. The predicted molar refractivity (Wildman–Crippen MR) is 75.8 cm³/mol. The fraction of sp³-hybridized carbons (Fsp3) is 0.647. The Hall–Kier alpha value is -0.780. The van der Waals surface area contributed by atoms with E-state index in [1.165, 1.54) is 18.4 Å². The second-order valence-corrected chi connectivity index (χ2v) is 7.58. The molecule has 0 atom stereocenters. The molecule has 0 heterocycles. The Morgan fingerprint density at radius 1 is 0.882 bits per heavy atom. The molecule has 0 spiro atoms. The normalized spacial score (nSPS) is 17.3. The molecule has 1 aromatic rings. The van der Waals surface area contributed by atoms with E-state index in [9.17, 15) is 0 Å². The Kier molecular flexibility index (Phi) is 2.88. The Morgan fingerprint density at radius 3 is 1.88 bits per heavy atom. The maximum atomic E-state index is 2.45. The summed E-state index contributed by atoms with van der Waals surface area (Å²) in [5.74, 6) is 0.846. The van der Waals surface area contributed by atoms with Gasteiger partial charge < -0.3 is 0 Å². The summed E-state index contributed by atoms with van der Waals surface area (Å²) in [7, 11) is 0. The van der Waals surface area contributed by atoms with Crippen molar-refractivity contribution in [3.63, 3.8) is 0 Å². The number of benzene rings is 1. The maximum Gasteiger partial charge on any atom is -0.0129 e. The summed E-state index contributed by atoms with van der Waals surface area (Å²) in [5.41, 5.74) is 5.14. The van der Waals surface area contributed by atoms with Crippen molar-refractivity contribution in [3.05, 3.63) is 34.9 Å². The van der Waals surface area contributed by atoms with Gasteiger partial charge >= 0.3 is 0 Å². The van der Waals surface area contributed by atoms with Gasteiger partial charge in [-0.15, -0.1) is 0 Å². The van der Waals surface area contributed by atoms with Crippen molar-refractivity contribution in [1.82, 2.24) is 0 Å². The van der Waals surface area contributed by atoms with Gasteiger partial charge in [-0.1, -0.05) is 59.7 Å². The molecule has 1 fully saturated rings. The highest BCUT2D eigenvalue weighted by molar-refractivity contribution is 5.42. The summed E-state index contributed by atoms with van der Waals surface area (Å²) in [6.45, 7) is 13.9. The van der Waals surface area contributed by atoms with E-state index in [1.807, 2.05) is 0 Å². The van der Waals surface area contributed by atoms with Gasteiger partial charge in [0.1, 0.15) is 0 Å². The largest absolute Gasteiger partial charge is 0.0582 e. The Labute approximate surface area is 106 Å². The molecule has 0 aliphatic heterocycles. The Bertz CT molecular complexity index is 409. The summed E-state index contributed by atoms with van der Waals surface area (Å²) in [6, 6.07) is 7.18. The van der Waals surface area contributed by atoms with Gasteiger partial charge in [0.2, 0.25) is 0 Å². The minimum absolute atomic E-state index is 0.252. The molecule has 0 bridgehead atoms. The topological polar surface area (TPSA) is 0 Å². The zero-order valence-corrected chi connectivity index (χ0v) is 12.2. The first-order valence-corrected chi connectivity index (χ1v) is 6.84. The van der Waals surface area contributed by atoms with Gasteiger partial charge in [0, 0.05) is 0 Å². The molecular formula is C17H26. The van der Waals surface area contributed by atoms with Crippen LogP contribution in [0.2, 0.25) is 0 Å². The lowest BCUT2D eigenvalue weighted by Crippen LogP contribution is -2.18. The van der Waals surface area contributed by atoms with Crippen LogP contribution in [-0.4, -0.2) is 0 Å². The number of rotatable bonds is 1. The van der Waals surface area contributed by atoms with Crippen molar-refractivity contribution in [2.45, 2.75) is 71.1 Å². The smallest absolute Gasteiger partial charge is 0.0129 e. The summed E-state index contributed by atoms with van der Waals surface area (Å²) in [4.78, 5) is 0. The van der Waals surface area contributed by atoms with E-state index in [4.69, 9.17) is 0 Å². The van der Waals surface area contributed by atoms with Crippen LogP contribution in [0.1, 0.15) is 77.0 Å². The second kappa shape index (κ2) is 3.86. The Morgan fingerprint density at radius 2 is 1.47 bits per heavy atom. The third-order valence-corrected chi connectivity index (χ3v) is 3.74. The molecule has 0 radical (unpaired) electrons. The first-order chi connectivity index (χ1) is 7.69. The SMILES string of the molecule is CC(C)(C)c1ccc(C2CC2)c(C(C)(C)C)c1. The average molecular weight is 230 g/mol. The van der Waals surface area contributed by atoms with Gasteiger partial charge in [0.05, 0.1) is 0 Å². The first kappa shape index (κ1) is 12.7. The van der Waals surface area contributed by atoms with E-state index in [0.29, 0.717) is 0 Å². The molecule has 0 N–H and O–H groups in total. The minimum Gasteiger partial charge on any atom is -0.0582 e. The molecule has 1 aromatic carbocycles. The van der Waals surface area contributed by atoms with Crippen LogP contribution in [0.4, 0.5) is 0 Å². The lowest BCUT2D eigenvalue weighted by molar-refractivity contribution is 0.563. The third-order valence-electron chi connectivity index (χ3n) is 3.74. The molecule has 1 aliphatic rings. The first-order valence-electron chi connectivity index (χ1n) is 6.84. The van der Waals surface area contributed by atoms with Crippen LogP contribution in [0.15, 0.2) is 18.2 Å². The standard InChI is InChI=1S/C17H26/c1-16(2,3)13-9-10-14(12-7-8-12)15(11-13)17(4,5)6/h9-12H,7-8H2,1-6H3. The van der Waals surface area contributed by atoms with Crippen LogP contribution >= 0.6 is 0 Å². The maximum absolute atomic E-state index is 2.45. The van der Waals surface area contributed by atoms with Gasteiger partial charge in [0.15, 0.2) is 0 Å². The van der Waals surface area contributed by atoms with Crippen molar-refractivity contribution in [2.75, 3.05) is 0 Å². The molecule has 0 aromatic heterocycles. The molecule has 17 heavy (non-hydrogen) atoms. The van der Waals surface area contributed by atoms with Crippen LogP contribution in [0, 0.1) is 0 Å². The quantitative estimate of drug-likeness (QED) is 0.625.